The highest BCUT2D eigenvalue weighted by Crippen LogP contribution is 2.35. The average molecular weight is 537 g/mol. The normalized spacial score (nSPS) is 11.7. The van der Waals surface area contributed by atoms with Gasteiger partial charge in [0.25, 0.3) is 10.0 Å². The molecule has 1 N–H and O–H groups in total. The van der Waals surface area contributed by atoms with Gasteiger partial charge in [0, 0.05) is 42.2 Å². The van der Waals surface area contributed by atoms with Crippen molar-refractivity contribution in [3.63, 3.8) is 0 Å². The molecule has 0 unspecified atom stereocenters. The minimum Gasteiger partial charge on any atom is -0.481 e. The summed E-state index contributed by atoms with van der Waals surface area (Å²) in [5.74, 6) is -0.945. The maximum Gasteiger partial charge on any atom is 0.303 e. The van der Waals surface area contributed by atoms with Gasteiger partial charge >= 0.3 is 5.97 Å². The van der Waals surface area contributed by atoms with E-state index < -0.39 is 16.0 Å². The Balaban J connectivity index is 1.60. The molecule has 0 saturated heterocycles. The highest BCUT2D eigenvalue weighted by atomic mass is 32.2. The van der Waals surface area contributed by atoms with Gasteiger partial charge in [-0.25, -0.2) is 13.9 Å². The lowest BCUT2D eigenvalue weighted by molar-refractivity contribution is -0.136. The number of aliphatic carboxylic acids is 1. The predicted molar refractivity (Wildman–Crippen MR) is 141 cm³/mol. The van der Waals surface area contributed by atoms with E-state index in [1.54, 1.807) is 42.9 Å². The Morgan fingerprint density at radius 2 is 1.97 bits per heavy atom. The van der Waals surface area contributed by atoms with Crippen LogP contribution in [0.3, 0.4) is 0 Å². The van der Waals surface area contributed by atoms with E-state index in [-0.39, 0.29) is 17.1 Å². The molecule has 4 heterocycles. The quantitative estimate of drug-likeness (QED) is 0.213. The Morgan fingerprint density at radius 1 is 1.11 bits per heavy atom. The number of fused-ring (bicyclic) bond motifs is 1. The van der Waals surface area contributed by atoms with Crippen molar-refractivity contribution in [2.75, 3.05) is 6.26 Å². The Labute approximate surface area is 215 Å². The van der Waals surface area contributed by atoms with Crippen LogP contribution in [-0.4, -0.2) is 44.7 Å². The summed E-state index contributed by atoms with van der Waals surface area (Å²) in [6, 6.07) is 14.3. The molecular formula is C25H20N4O4S3. The van der Waals surface area contributed by atoms with Crippen LogP contribution in [0, 0.1) is 0 Å². The number of thioether (sulfide) groups is 1. The number of thiophene rings is 1. The van der Waals surface area contributed by atoms with E-state index in [2.05, 4.69) is 15.0 Å². The van der Waals surface area contributed by atoms with Gasteiger partial charge < -0.3 is 5.11 Å². The molecule has 0 atom stereocenters. The first-order chi connectivity index (χ1) is 17.4. The van der Waals surface area contributed by atoms with E-state index in [0.29, 0.717) is 32.2 Å². The van der Waals surface area contributed by atoms with Crippen molar-refractivity contribution in [3.8, 4) is 21.7 Å². The second-order valence-corrected chi connectivity index (χ2v) is 11.8. The van der Waals surface area contributed by atoms with Crippen LogP contribution in [0.15, 0.2) is 82.7 Å². The molecule has 5 rings (SSSR count). The molecule has 1 aromatic carbocycles. The number of nitrogens with zero attached hydrogens (tertiary/aromatic N) is 4. The Kier molecular flexibility index (Phi) is 6.61. The number of hydrogen-bond acceptors (Lipinski definition) is 8. The molecule has 0 aliphatic heterocycles. The fraction of sp³-hybridized carbons (Fsp3) is 0.120. The van der Waals surface area contributed by atoms with Crippen molar-refractivity contribution < 1.29 is 18.3 Å². The number of carboxylic acid groups (broad SMARTS) is 1. The zero-order valence-electron chi connectivity index (χ0n) is 19.0. The molecule has 0 spiro atoms. The minimum atomic E-state index is -3.94. The van der Waals surface area contributed by atoms with Crippen LogP contribution in [0.5, 0.6) is 0 Å². The molecule has 5 aromatic rings. The van der Waals surface area contributed by atoms with Crippen molar-refractivity contribution in [1.82, 2.24) is 18.9 Å². The lowest BCUT2D eigenvalue weighted by Gasteiger charge is -2.07. The van der Waals surface area contributed by atoms with E-state index in [9.17, 15) is 18.3 Å². The highest BCUT2D eigenvalue weighted by Gasteiger charge is 2.24. The first-order valence-corrected chi connectivity index (χ1v) is 14.3. The van der Waals surface area contributed by atoms with Crippen LogP contribution in [0.4, 0.5) is 0 Å². The molecular weight excluding hydrogens is 517 g/mol. The smallest absolute Gasteiger partial charge is 0.303 e. The molecule has 182 valence electrons. The summed E-state index contributed by atoms with van der Waals surface area (Å²) < 4.78 is 28.9. The fourth-order valence-electron chi connectivity index (χ4n) is 3.89. The van der Waals surface area contributed by atoms with Gasteiger partial charge in [-0.2, -0.15) is 8.42 Å². The largest absolute Gasteiger partial charge is 0.481 e. The number of rotatable bonds is 8. The van der Waals surface area contributed by atoms with E-state index in [4.69, 9.17) is 0 Å². The maximum atomic E-state index is 13.7. The predicted octanol–water partition coefficient (Wildman–Crippen LogP) is 5.20. The standard InChI is InChI=1S/C25H20N4O4S3/c1-34-25-27-12-10-20(28-25)22-7-9-24(35-22)36(32,33)29-15-18(5-8-23(30)31)19-13-16(4-6-21(19)29)17-3-2-11-26-14-17/h2-4,6-7,9-15H,5,8H2,1H3,(H,30,31). The van der Waals surface area contributed by atoms with Crippen LogP contribution in [0.25, 0.3) is 32.6 Å². The van der Waals surface area contributed by atoms with Crippen LogP contribution >= 0.6 is 23.1 Å². The molecule has 36 heavy (non-hydrogen) atoms. The van der Waals surface area contributed by atoms with Gasteiger partial charge in [0.2, 0.25) is 0 Å². The Hall–Kier alpha value is -3.54. The Bertz CT molecular complexity index is 1680. The summed E-state index contributed by atoms with van der Waals surface area (Å²) in [5.41, 5.74) is 3.55. The zero-order valence-corrected chi connectivity index (χ0v) is 21.5. The van der Waals surface area contributed by atoms with Crippen molar-refractivity contribution in [1.29, 1.82) is 0 Å². The summed E-state index contributed by atoms with van der Waals surface area (Å²) in [5, 5.41) is 10.5. The monoisotopic (exact) mass is 536 g/mol. The van der Waals surface area contributed by atoms with Crippen molar-refractivity contribution in [2.24, 2.45) is 0 Å². The van der Waals surface area contributed by atoms with Crippen LogP contribution in [0.2, 0.25) is 0 Å². The lowest BCUT2D eigenvalue weighted by atomic mass is 10.0. The SMILES string of the molecule is CSc1nccc(-c2ccc(S(=O)(=O)n3cc(CCC(=O)O)c4cc(-c5cccnc5)ccc43)s2)n1. The first-order valence-electron chi connectivity index (χ1n) is 10.9. The number of carbonyl (C=O) groups is 1. The van der Waals surface area contributed by atoms with E-state index >= 15 is 0 Å². The lowest BCUT2D eigenvalue weighted by Crippen LogP contribution is -2.10. The number of pyridine rings is 1. The summed E-state index contributed by atoms with van der Waals surface area (Å²) in [4.78, 5) is 24.8. The highest BCUT2D eigenvalue weighted by molar-refractivity contribution is 7.98. The van der Waals surface area contributed by atoms with Crippen LogP contribution < -0.4 is 0 Å². The molecule has 0 saturated carbocycles. The molecule has 11 heteroatoms. The minimum absolute atomic E-state index is 0.106. The third kappa shape index (κ3) is 4.64. The van der Waals surface area contributed by atoms with Gasteiger partial charge in [0.05, 0.1) is 16.1 Å². The molecule has 0 amide bonds. The number of aromatic nitrogens is 4. The van der Waals surface area contributed by atoms with Gasteiger partial charge in [-0.05, 0) is 60.2 Å². The molecule has 0 aliphatic carbocycles. The molecule has 0 bridgehead atoms. The second kappa shape index (κ2) is 9.84. The molecule has 0 radical (unpaired) electrons. The third-order valence-corrected chi connectivity index (χ3v) is 9.43. The van der Waals surface area contributed by atoms with E-state index in [1.165, 1.54) is 21.9 Å². The van der Waals surface area contributed by atoms with Gasteiger partial charge in [-0.15, -0.1) is 11.3 Å². The number of hydrogen-bond donors (Lipinski definition) is 1. The number of benzene rings is 1. The molecule has 0 fully saturated rings. The second-order valence-electron chi connectivity index (χ2n) is 7.87. The average Bonchev–Trinajstić information content (AvgIpc) is 3.54. The van der Waals surface area contributed by atoms with Crippen molar-refractivity contribution >= 4 is 50.0 Å². The zero-order chi connectivity index (χ0) is 25.3. The first kappa shape index (κ1) is 24.2. The summed E-state index contributed by atoms with van der Waals surface area (Å²) in [6.45, 7) is 0. The number of carboxylic acids is 1. The van der Waals surface area contributed by atoms with Gasteiger partial charge in [0.1, 0.15) is 4.21 Å². The molecule has 0 aliphatic rings. The van der Waals surface area contributed by atoms with Crippen molar-refractivity contribution in [3.05, 3.63) is 78.9 Å². The van der Waals surface area contributed by atoms with E-state index in [0.717, 1.165) is 22.5 Å². The summed E-state index contributed by atoms with van der Waals surface area (Å²) in [6.07, 6.45) is 8.57. The number of aryl methyl sites for hydroxylation is 1. The summed E-state index contributed by atoms with van der Waals surface area (Å²) in [7, 11) is -3.94. The molecule has 4 aromatic heterocycles. The third-order valence-electron chi connectivity index (χ3n) is 5.62. The van der Waals surface area contributed by atoms with Gasteiger partial charge in [-0.1, -0.05) is 23.9 Å². The topological polar surface area (TPSA) is 115 Å². The van der Waals surface area contributed by atoms with Gasteiger partial charge in [0.15, 0.2) is 5.16 Å². The molecule has 8 nitrogen and oxygen atoms in total. The van der Waals surface area contributed by atoms with Gasteiger partial charge in [-0.3, -0.25) is 9.78 Å². The van der Waals surface area contributed by atoms with E-state index in [1.807, 2.05) is 30.5 Å². The van der Waals surface area contributed by atoms with Crippen molar-refractivity contribution in [2.45, 2.75) is 22.2 Å². The van der Waals surface area contributed by atoms with Crippen LogP contribution in [-0.2, 0) is 21.2 Å². The Morgan fingerprint density at radius 3 is 2.72 bits per heavy atom. The maximum absolute atomic E-state index is 13.7. The fourth-order valence-corrected chi connectivity index (χ4v) is 7.00. The van der Waals surface area contributed by atoms with Crippen LogP contribution in [0.1, 0.15) is 12.0 Å². The summed E-state index contributed by atoms with van der Waals surface area (Å²) >= 11 is 2.54.